The van der Waals surface area contributed by atoms with Crippen LogP contribution < -0.4 is 0 Å². The van der Waals surface area contributed by atoms with Crippen LogP contribution in [0.2, 0.25) is 0 Å². The zero-order valence-electron chi connectivity index (χ0n) is 23.0. The molecule has 0 saturated carbocycles. The van der Waals surface area contributed by atoms with Crippen molar-refractivity contribution >= 4 is 7.60 Å². The van der Waals surface area contributed by atoms with Crippen molar-refractivity contribution in [3.63, 3.8) is 0 Å². The normalized spacial score (nSPS) is 15.2. The topological polar surface area (TPSA) is 46.5 Å². The second-order valence-electron chi connectivity index (χ2n) is 10.8. The molecule has 0 saturated heterocycles. The van der Waals surface area contributed by atoms with Gasteiger partial charge in [-0.25, -0.2) is 0 Å². The zero-order chi connectivity index (χ0) is 24.8. The minimum absolute atomic E-state index is 0.355. The van der Waals surface area contributed by atoms with Crippen molar-refractivity contribution in [2.45, 2.75) is 142 Å². The van der Waals surface area contributed by atoms with Crippen molar-refractivity contribution in [2.75, 3.05) is 27.7 Å². The summed E-state index contributed by atoms with van der Waals surface area (Å²) >= 11 is 0. The average molecular weight is 489 g/mol. The van der Waals surface area contributed by atoms with Crippen LogP contribution in [-0.2, 0) is 9.09 Å². The van der Waals surface area contributed by atoms with E-state index < -0.39 is 7.60 Å². The predicted octanol–water partition coefficient (Wildman–Crippen LogP) is 9.23. The van der Waals surface area contributed by atoms with E-state index in [9.17, 15) is 9.46 Å². The SMILES string of the molecule is CCCCCCCCCCCCCCCCC/C=C\CCCOP(=O)(O)C(CC)[N+](C)(C)C. The van der Waals surface area contributed by atoms with Crippen LogP contribution in [0.5, 0.6) is 0 Å². The molecule has 0 aliphatic rings. The van der Waals surface area contributed by atoms with Gasteiger partial charge in [-0.3, -0.25) is 4.57 Å². The molecular weight excluding hydrogens is 429 g/mol. The number of rotatable bonds is 24. The van der Waals surface area contributed by atoms with Crippen LogP contribution in [-0.4, -0.2) is 42.9 Å². The molecule has 0 heterocycles. The Morgan fingerprint density at radius 1 is 0.697 bits per heavy atom. The van der Waals surface area contributed by atoms with Gasteiger partial charge in [0.15, 0.2) is 5.78 Å². The van der Waals surface area contributed by atoms with Crippen LogP contribution in [0.4, 0.5) is 0 Å². The molecule has 0 aromatic heterocycles. The molecule has 0 aliphatic heterocycles. The van der Waals surface area contributed by atoms with Gasteiger partial charge in [0.25, 0.3) is 0 Å². The number of nitrogens with zero attached hydrogens (tertiary/aromatic N) is 1. The van der Waals surface area contributed by atoms with Crippen LogP contribution in [0.15, 0.2) is 12.2 Å². The molecule has 0 aromatic carbocycles. The molecule has 0 aliphatic carbocycles. The Balaban J connectivity index is 3.45. The molecule has 33 heavy (non-hydrogen) atoms. The van der Waals surface area contributed by atoms with Gasteiger partial charge in [0.05, 0.1) is 27.7 Å². The molecule has 198 valence electrons. The number of quaternary nitrogens is 1. The fourth-order valence-corrected chi connectivity index (χ4v) is 6.47. The number of allylic oxidation sites excluding steroid dienone is 2. The molecule has 5 heteroatoms. The van der Waals surface area contributed by atoms with Crippen molar-refractivity contribution in [2.24, 2.45) is 0 Å². The van der Waals surface area contributed by atoms with Gasteiger partial charge in [-0.05, 0) is 25.7 Å². The number of hydrogen-bond acceptors (Lipinski definition) is 2. The highest BCUT2D eigenvalue weighted by molar-refractivity contribution is 7.53. The van der Waals surface area contributed by atoms with Gasteiger partial charge in [-0.15, -0.1) is 0 Å². The molecule has 2 atom stereocenters. The zero-order valence-corrected chi connectivity index (χ0v) is 23.9. The molecular formula is C28H59NO3P+. The lowest BCUT2D eigenvalue weighted by molar-refractivity contribution is -0.883. The van der Waals surface area contributed by atoms with Crippen LogP contribution in [0.25, 0.3) is 0 Å². The summed E-state index contributed by atoms with van der Waals surface area (Å²) in [5.74, 6) is -0.363. The third-order valence-corrected chi connectivity index (χ3v) is 8.93. The van der Waals surface area contributed by atoms with Crippen LogP contribution in [0, 0.1) is 0 Å². The average Bonchev–Trinajstić information content (AvgIpc) is 2.74. The quantitative estimate of drug-likeness (QED) is 0.0637. The summed E-state index contributed by atoms with van der Waals surface area (Å²) in [4.78, 5) is 10.3. The van der Waals surface area contributed by atoms with Crippen molar-refractivity contribution < 1.29 is 18.5 Å². The van der Waals surface area contributed by atoms with Gasteiger partial charge in [-0.2, -0.15) is 0 Å². The maximum Gasteiger partial charge on any atom is 0.385 e. The van der Waals surface area contributed by atoms with Gasteiger partial charge in [0.2, 0.25) is 0 Å². The summed E-state index contributed by atoms with van der Waals surface area (Å²) in [6.45, 7) is 4.59. The largest absolute Gasteiger partial charge is 0.385 e. The maximum absolute atomic E-state index is 12.5. The molecule has 0 bridgehead atoms. The third kappa shape index (κ3) is 19.8. The summed E-state index contributed by atoms with van der Waals surface area (Å²) < 4.78 is 18.3. The van der Waals surface area contributed by atoms with E-state index in [-0.39, 0.29) is 5.78 Å². The lowest BCUT2D eigenvalue weighted by Gasteiger charge is -2.35. The highest BCUT2D eigenvalue weighted by Crippen LogP contribution is 2.51. The highest BCUT2D eigenvalue weighted by atomic mass is 31.2. The van der Waals surface area contributed by atoms with Crippen molar-refractivity contribution in [3.8, 4) is 0 Å². The summed E-state index contributed by atoms with van der Waals surface area (Å²) in [7, 11) is 2.27. The van der Waals surface area contributed by atoms with E-state index in [0.29, 0.717) is 17.5 Å². The first-order valence-electron chi connectivity index (χ1n) is 14.2. The van der Waals surface area contributed by atoms with Gasteiger partial charge >= 0.3 is 7.60 Å². The van der Waals surface area contributed by atoms with E-state index in [2.05, 4.69) is 19.1 Å². The monoisotopic (exact) mass is 488 g/mol. The standard InChI is InChI=1S/C28H58NO3P/c1-6-8-9-10-11-12-13-14-15-16-17-18-19-20-21-22-23-24-25-26-27-32-33(30,31)28(7-2)29(3,4)5/h23-24,28H,6-22,25-27H2,1-5H3/p+1/b24-23-. The predicted molar refractivity (Wildman–Crippen MR) is 146 cm³/mol. The van der Waals surface area contributed by atoms with Gasteiger partial charge in [-0.1, -0.05) is 116 Å². The Morgan fingerprint density at radius 3 is 1.48 bits per heavy atom. The summed E-state index contributed by atoms with van der Waals surface area (Å²) in [5, 5.41) is 0. The van der Waals surface area contributed by atoms with E-state index in [0.717, 1.165) is 19.3 Å². The Labute approximate surface area is 207 Å². The summed E-state index contributed by atoms with van der Waals surface area (Å²) in [5.41, 5.74) is 0. The summed E-state index contributed by atoms with van der Waals surface area (Å²) in [6, 6.07) is 0. The first-order chi connectivity index (χ1) is 15.8. The first kappa shape index (κ1) is 32.8. The molecule has 2 unspecified atom stereocenters. The second kappa shape index (κ2) is 21.2. The van der Waals surface area contributed by atoms with Crippen molar-refractivity contribution in [1.29, 1.82) is 0 Å². The molecule has 0 amide bonds. The van der Waals surface area contributed by atoms with E-state index in [1.165, 1.54) is 96.3 Å². The molecule has 4 nitrogen and oxygen atoms in total. The van der Waals surface area contributed by atoms with Crippen LogP contribution in [0.1, 0.15) is 136 Å². The van der Waals surface area contributed by atoms with Crippen LogP contribution in [0.3, 0.4) is 0 Å². The Hall–Kier alpha value is -0.150. The molecule has 0 spiro atoms. The first-order valence-corrected chi connectivity index (χ1v) is 15.8. The maximum atomic E-state index is 12.5. The lowest BCUT2D eigenvalue weighted by atomic mass is 10.0. The lowest BCUT2D eigenvalue weighted by Crippen LogP contribution is -2.44. The number of hydrogen-bond donors (Lipinski definition) is 1. The minimum Gasteiger partial charge on any atom is -0.320 e. The van der Waals surface area contributed by atoms with Crippen molar-refractivity contribution in [1.82, 2.24) is 0 Å². The Bertz CT molecular complexity index is 502. The van der Waals surface area contributed by atoms with E-state index in [1.54, 1.807) is 0 Å². The molecule has 0 aromatic rings. The highest BCUT2D eigenvalue weighted by Gasteiger charge is 2.41. The van der Waals surface area contributed by atoms with E-state index in [1.807, 2.05) is 28.1 Å². The Kier molecular flexibility index (Phi) is 21.1. The van der Waals surface area contributed by atoms with Gasteiger partial charge < -0.3 is 13.9 Å². The molecule has 0 rings (SSSR count). The van der Waals surface area contributed by atoms with Crippen LogP contribution >= 0.6 is 7.60 Å². The molecule has 0 radical (unpaired) electrons. The fraction of sp³-hybridized carbons (Fsp3) is 0.929. The summed E-state index contributed by atoms with van der Waals surface area (Å²) in [6.07, 6.45) is 29.0. The van der Waals surface area contributed by atoms with Crippen molar-refractivity contribution in [3.05, 3.63) is 12.2 Å². The third-order valence-electron chi connectivity index (χ3n) is 6.57. The van der Waals surface area contributed by atoms with E-state index >= 15 is 0 Å². The van der Waals surface area contributed by atoms with Gasteiger partial charge in [0.1, 0.15) is 0 Å². The fourth-order valence-electron chi connectivity index (χ4n) is 4.57. The smallest absolute Gasteiger partial charge is 0.320 e. The number of unbranched alkanes of at least 4 members (excludes halogenated alkanes) is 16. The van der Waals surface area contributed by atoms with E-state index in [4.69, 9.17) is 4.52 Å². The second-order valence-corrected chi connectivity index (χ2v) is 12.7. The van der Waals surface area contributed by atoms with Gasteiger partial charge in [0, 0.05) is 6.42 Å². The molecule has 1 N–H and O–H groups in total. The Morgan fingerprint density at radius 2 is 1.09 bits per heavy atom. The molecule has 0 fully saturated rings. The minimum atomic E-state index is -3.57.